The molecule has 4 rings (SSSR count). The monoisotopic (exact) mass is 362 g/mol. The predicted octanol–water partition coefficient (Wildman–Crippen LogP) is 4.31. The maximum Gasteiger partial charge on any atom is 0.407 e. The smallest absolute Gasteiger partial charge is 0.407 e. The van der Waals surface area contributed by atoms with Crippen LogP contribution in [0.1, 0.15) is 36.2 Å². The van der Waals surface area contributed by atoms with Gasteiger partial charge in [0, 0.05) is 30.2 Å². The molecule has 138 valence electrons. The Hall–Kier alpha value is -3.15. The molecule has 6 heteroatoms. The van der Waals surface area contributed by atoms with Gasteiger partial charge >= 0.3 is 6.09 Å². The lowest BCUT2D eigenvalue weighted by atomic mass is 9.93. The normalized spacial score (nSPS) is 19.8. The zero-order chi connectivity index (χ0) is 18.8. The van der Waals surface area contributed by atoms with Gasteiger partial charge in [0.05, 0.1) is 17.8 Å². The van der Waals surface area contributed by atoms with E-state index in [1.807, 2.05) is 66.3 Å². The van der Waals surface area contributed by atoms with Crippen molar-refractivity contribution in [2.45, 2.75) is 31.8 Å². The number of aryl methyl sites for hydroxylation is 1. The lowest BCUT2D eigenvalue weighted by molar-refractivity contribution is 0.0889. The van der Waals surface area contributed by atoms with Crippen LogP contribution in [0.15, 0.2) is 60.9 Å². The summed E-state index contributed by atoms with van der Waals surface area (Å²) in [5, 5.41) is 14.4. The van der Waals surface area contributed by atoms with Gasteiger partial charge in [-0.05, 0) is 37.5 Å². The number of hydrogen-bond donors (Lipinski definition) is 1. The minimum atomic E-state index is -0.885. The summed E-state index contributed by atoms with van der Waals surface area (Å²) >= 11 is 0. The molecular weight excluding hydrogens is 340 g/mol. The number of carbonyl (C=O) groups is 1. The van der Waals surface area contributed by atoms with Gasteiger partial charge < -0.3 is 10.0 Å². The number of rotatable bonds is 3. The third-order valence-corrected chi connectivity index (χ3v) is 5.19. The Kier molecular flexibility index (Phi) is 4.62. The van der Waals surface area contributed by atoms with Crippen LogP contribution < -0.4 is 0 Å². The number of piperidine rings is 1. The Bertz CT molecular complexity index is 921. The van der Waals surface area contributed by atoms with Gasteiger partial charge in [0.25, 0.3) is 0 Å². The van der Waals surface area contributed by atoms with Crippen LogP contribution in [0.2, 0.25) is 0 Å². The highest BCUT2D eigenvalue weighted by molar-refractivity contribution is 5.66. The van der Waals surface area contributed by atoms with E-state index in [-0.39, 0.29) is 12.1 Å². The topological polar surface area (TPSA) is 71.2 Å². The van der Waals surface area contributed by atoms with Gasteiger partial charge in [0.2, 0.25) is 0 Å². The molecule has 27 heavy (non-hydrogen) atoms. The van der Waals surface area contributed by atoms with Crippen LogP contribution in [-0.4, -0.2) is 37.4 Å². The maximum absolute atomic E-state index is 11.7. The Morgan fingerprint density at radius 2 is 1.96 bits per heavy atom. The second-order valence-electron chi connectivity index (χ2n) is 6.95. The molecule has 1 saturated heterocycles. The number of amides is 1. The molecule has 1 fully saturated rings. The summed E-state index contributed by atoms with van der Waals surface area (Å²) in [7, 11) is 0. The third-order valence-electron chi connectivity index (χ3n) is 5.19. The van der Waals surface area contributed by atoms with E-state index in [0.717, 1.165) is 28.9 Å². The first-order valence-corrected chi connectivity index (χ1v) is 9.14. The molecule has 1 aromatic carbocycles. The second kappa shape index (κ2) is 7.23. The van der Waals surface area contributed by atoms with E-state index < -0.39 is 6.09 Å². The van der Waals surface area contributed by atoms with Crippen molar-refractivity contribution < 1.29 is 9.90 Å². The lowest BCUT2D eigenvalue weighted by Crippen LogP contribution is -2.41. The number of benzene rings is 1. The van der Waals surface area contributed by atoms with E-state index >= 15 is 0 Å². The van der Waals surface area contributed by atoms with Gasteiger partial charge in [-0.15, -0.1) is 0 Å². The fraction of sp³-hybridized carbons (Fsp3) is 0.286. The average molecular weight is 362 g/mol. The summed E-state index contributed by atoms with van der Waals surface area (Å²) in [6.07, 6.45) is 4.33. The molecule has 2 unspecified atom stereocenters. The molecule has 0 aliphatic carbocycles. The largest absolute Gasteiger partial charge is 0.465 e. The molecule has 3 aromatic rings. The van der Waals surface area contributed by atoms with Gasteiger partial charge in [-0.2, -0.15) is 5.10 Å². The minimum absolute atomic E-state index is 0.157. The summed E-state index contributed by atoms with van der Waals surface area (Å²) in [5.74, 6) is 0. The van der Waals surface area contributed by atoms with Gasteiger partial charge in [-0.3, -0.25) is 9.67 Å². The molecule has 0 spiro atoms. The van der Waals surface area contributed by atoms with Crippen LogP contribution >= 0.6 is 0 Å². The van der Waals surface area contributed by atoms with E-state index in [9.17, 15) is 9.90 Å². The molecule has 6 nitrogen and oxygen atoms in total. The lowest BCUT2D eigenvalue weighted by Gasteiger charge is -2.38. The van der Waals surface area contributed by atoms with Crippen LogP contribution in [0.25, 0.3) is 11.3 Å². The Morgan fingerprint density at radius 1 is 1.15 bits per heavy atom. The van der Waals surface area contributed by atoms with Gasteiger partial charge in [-0.25, -0.2) is 4.79 Å². The maximum atomic E-state index is 11.7. The number of hydrogen-bond acceptors (Lipinski definition) is 3. The van der Waals surface area contributed by atoms with Crippen LogP contribution in [0.5, 0.6) is 0 Å². The Morgan fingerprint density at radius 3 is 2.67 bits per heavy atom. The standard InChI is InChI=1S/C21H22N4O2/c1-15-7-8-17(14-22-15)20-13-18(9-11-24(20)21(26)27)25-12-10-19(23-25)16-5-3-2-4-6-16/h2-8,10,12,14,18,20H,9,11,13H2,1H3,(H,26,27). The highest BCUT2D eigenvalue weighted by atomic mass is 16.4. The summed E-state index contributed by atoms with van der Waals surface area (Å²) in [6, 6.07) is 15.9. The zero-order valence-electron chi connectivity index (χ0n) is 15.2. The van der Waals surface area contributed by atoms with Crippen molar-refractivity contribution in [1.29, 1.82) is 0 Å². The van der Waals surface area contributed by atoms with Crippen molar-refractivity contribution in [1.82, 2.24) is 19.7 Å². The number of carboxylic acid groups (broad SMARTS) is 1. The van der Waals surface area contributed by atoms with Crippen molar-refractivity contribution in [2.75, 3.05) is 6.54 Å². The van der Waals surface area contributed by atoms with Crippen LogP contribution in [0.4, 0.5) is 4.79 Å². The number of pyridine rings is 1. The van der Waals surface area contributed by atoms with E-state index in [1.165, 1.54) is 4.90 Å². The fourth-order valence-electron chi connectivity index (χ4n) is 3.71. The summed E-state index contributed by atoms with van der Waals surface area (Å²) in [6.45, 7) is 2.41. The van der Waals surface area contributed by atoms with Crippen molar-refractivity contribution >= 4 is 6.09 Å². The van der Waals surface area contributed by atoms with Gasteiger partial charge in [-0.1, -0.05) is 36.4 Å². The van der Waals surface area contributed by atoms with Crippen molar-refractivity contribution in [2.24, 2.45) is 0 Å². The molecular formula is C21H22N4O2. The molecule has 2 aromatic heterocycles. The van der Waals surface area contributed by atoms with Gasteiger partial charge in [0.15, 0.2) is 0 Å². The molecule has 2 atom stereocenters. The highest BCUT2D eigenvalue weighted by Crippen LogP contribution is 2.36. The van der Waals surface area contributed by atoms with Crippen LogP contribution in [0, 0.1) is 6.92 Å². The third kappa shape index (κ3) is 3.56. The minimum Gasteiger partial charge on any atom is -0.465 e. The molecule has 0 saturated carbocycles. The van der Waals surface area contributed by atoms with E-state index in [0.29, 0.717) is 13.0 Å². The van der Waals surface area contributed by atoms with Gasteiger partial charge in [0.1, 0.15) is 0 Å². The first kappa shape index (κ1) is 17.3. The molecule has 1 aliphatic rings. The first-order valence-electron chi connectivity index (χ1n) is 9.14. The number of nitrogens with zero attached hydrogens (tertiary/aromatic N) is 4. The second-order valence-corrected chi connectivity index (χ2v) is 6.95. The Labute approximate surface area is 158 Å². The van der Waals surface area contributed by atoms with Crippen molar-refractivity contribution in [3.05, 3.63) is 72.2 Å². The summed E-state index contributed by atoms with van der Waals surface area (Å²) < 4.78 is 1.98. The van der Waals surface area contributed by atoms with E-state index in [2.05, 4.69) is 4.98 Å². The van der Waals surface area contributed by atoms with Crippen molar-refractivity contribution in [3.63, 3.8) is 0 Å². The zero-order valence-corrected chi connectivity index (χ0v) is 15.2. The van der Waals surface area contributed by atoms with Crippen LogP contribution in [0.3, 0.4) is 0 Å². The fourth-order valence-corrected chi connectivity index (χ4v) is 3.71. The Balaban J connectivity index is 1.59. The number of aromatic nitrogens is 3. The molecule has 3 heterocycles. The first-order chi connectivity index (χ1) is 13.1. The quantitative estimate of drug-likeness (QED) is 0.754. The average Bonchev–Trinajstić information content (AvgIpc) is 3.19. The number of likely N-dealkylation sites (tertiary alicyclic amines) is 1. The molecule has 1 amide bonds. The molecule has 0 bridgehead atoms. The SMILES string of the molecule is Cc1ccc(C2CC(n3ccc(-c4ccccc4)n3)CCN2C(=O)O)cn1. The van der Waals surface area contributed by atoms with E-state index in [4.69, 9.17) is 5.10 Å². The van der Waals surface area contributed by atoms with Crippen LogP contribution in [-0.2, 0) is 0 Å². The summed E-state index contributed by atoms with van der Waals surface area (Å²) in [5.41, 5.74) is 3.87. The molecule has 0 radical (unpaired) electrons. The molecule has 1 N–H and O–H groups in total. The molecule has 1 aliphatic heterocycles. The highest BCUT2D eigenvalue weighted by Gasteiger charge is 2.34. The van der Waals surface area contributed by atoms with Crippen molar-refractivity contribution in [3.8, 4) is 11.3 Å². The predicted molar refractivity (Wildman–Crippen MR) is 102 cm³/mol. The van der Waals surface area contributed by atoms with E-state index in [1.54, 1.807) is 6.20 Å². The summed E-state index contributed by atoms with van der Waals surface area (Å²) in [4.78, 5) is 17.6.